The van der Waals surface area contributed by atoms with Gasteiger partial charge in [0.2, 0.25) is 0 Å². The smallest absolute Gasteiger partial charge is 0.145 e. The summed E-state index contributed by atoms with van der Waals surface area (Å²) in [6.07, 6.45) is 0.717. The van der Waals surface area contributed by atoms with Crippen molar-refractivity contribution in [3.63, 3.8) is 0 Å². The summed E-state index contributed by atoms with van der Waals surface area (Å²) in [5.41, 5.74) is 0.239. The Bertz CT molecular complexity index is 658. The van der Waals surface area contributed by atoms with Crippen LogP contribution < -0.4 is 9.47 Å². The number of nitrogens with zero attached hydrogens (tertiary/aromatic N) is 2. The van der Waals surface area contributed by atoms with E-state index in [2.05, 4.69) is 20.9 Å². The molecule has 0 aliphatic rings. The molecule has 0 saturated carbocycles. The van der Waals surface area contributed by atoms with Crippen LogP contribution in [0.4, 0.5) is 0 Å². The van der Waals surface area contributed by atoms with E-state index in [4.69, 9.17) is 26.3 Å². The van der Waals surface area contributed by atoms with Gasteiger partial charge in [0, 0.05) is 23.0 Å². The van der Waals surface area contributed by atoms with Crippen LogP contribution in [0.1, 0.15) is 12.1 Å². The van der Waals surface area contributed by atoms with Gasteiger partial charge in [-0.05, 0) is 18.2 Å². The molecule has 0 radical (unpaired) electrons. The Labute approximate surface area is 136 Å². The van der Waals surface area contributed by atoms with Gasteiger partial charge in [-0.25, -0.2) is 4.98 Å². The molecule has 108 valence electrons. The zero-order valence-electron chi connectivity index (χ0n) is 11.1. The van der Waals surface area contributed by atoms with E-state index in [9.17, 15) is 0 Å². The summed E-state index contributed by atoms with van der Waals surface area (Å²) in [6, 6.07) is 12.7. The zero-order chi connectivity index (χ0) is 15.1. The van der Waals surface area contributed by atoms with Gasteiger partial charge in [0.05, 0.1) is 13.2 Å². The summed E-state index contributed by atoms with van der Waals surface area (Å²) >= 11 is 9.18. The van der Waals surface area contributed by atoms with Crippen LogP contribution in [0.2, 0.25) is 5.15 Å². The van der Waals surface area contributed by atoms with E-state index in [1.165, 1.54) is 0 Å². The Kier molecular flexibility index (Phi) is 5.85. The molecule has 0 fully saturated rings. The molecular formula is C15H12BrClN2O2. The SMILES string of the molecule is N#Cc1cc(OCCCOc2cccc(Br)c2)cc(Cl)n1. The molecule has 6 heteroatoms. The molecule has 0 unspecified atom stereocenters. The van der Waals surface area contributed by atoms with Crippen LogP contribution in [0, 0.1) is 11.3 Å². The van der Waals surface area contributed by atoms with E-state index in [0.717, 1.165) is 10.2 Å². The summed E-state index contributed by atoms with van der Waals surface area (Å²) in [5, 5.41) is 9.04. The molecule has 2 rings (SSSR count). The van der Waals surface area contributed by atoms with Crippen LogP contribution in [0.15, 0.2) is 40.9 Å². The topological polar surface area (TPSA) is 55.1 Å². The van der Waals surface area contributed by atoms with Gasteiger partial charge < -0.3 is 9.47 Å². The van der Waals surface area contributed by atoms with Crippen molar-refractivity contribution in [2.75, 3.05) is 13.2 Å². The summed E-state index contributed by atoms with van der Waals surface area (Å²) < 4.78 is 12.1. The van der Waals surface area contributed by atoms with Gasteiger partial charge in [-0.15, -0.1) is 0 Å². The number of nitriles is 1. The van der Waals surface area contributed by atoms with Crippen molar-refractivity contribution < 1.29 is 9.47 Å². The minimum absolute atomic E-state index is 0.239. The highest BCUT2D eigenvalue weighted by Crippen LogP contribution is 2.19. The predicted molar refractivity (Wildman–Crippen MR) is 83.7 cm³/mol. The normalized spacial score (nSPS) is 9.95. The second kappa shape index (κ2) is 7.87. The highest BCUT2D eigenvalue weighted by Gasteiger charge is 2.02. The van der Waals surface area contributed by atoms with Gasteiger partial charge in [0.25, 0.3) is 0 Å². The molecule has 0 spiro atoms. The van der Waals surface area contributed by atoms with Crippen molar-refractivity contribution in [1.82, 2.24) is 4.98 Å². The van der Waals surface area contributed by atoms with E-state index in [1.807, 2.05) is 30.3 Å². The maximum Gasteiger partial charge on any atom is 0.145 e. The fourth-order valence-electron chi connectivity index (χ4n) is 1.61. The predicted octanol–water partition coefficient (Wildman–Crippen LogP) is 4.22. The zero-order valence-corrected chi connectivity index (χ0v) is 13.4. The number of ether oxygens (including phenoxy) is 2. The average molecular weight is 368 g/mol. The fourth-order valence-corrected chi connectivity index (χ4v) is 2.19. The van der Waals surface area contributed by atoms with E-state index >= 15 is 0 Å². The third kappa shape index (κ3) is 5.25. The largest absolute Gasteiger partial charge is 0.493 e. The van der Waals surface area contributed by atoms with Crippen LogP contribution in [0.25, 0.3) is 0 Å². The molecule has 0 N–H and O–H groups in total. The van der Waals surface area contributed by atoms with Gasteiger partial charge in [0.1, 0.15) is 28.4 Å². The van der Waals surface area contributed by atoms with E-state index in [0.29, 0.717) is 25.4 Å². The van der Waals surface area contributed by atoms with Crippen molar-refractivity contribution in [3.05, 3.63) is 51.7 Å². The van der Waals surface area contributed by atoms with Crippen LogP contribution in [-0.4, -0.2) is 18.2 Å². The maximum atomic E-state index is 8.79. The molecule has 2 aromatic rings. The van der Waals surface area contributed by atoms with Crippen LogP contribution >= 0.6 is 27.5 Å². The second-order valence-corrected chi connectivity index (χ2v) is 5.43. The van der Waals surface area contributed by atoms with Crippen molar-refractivity contribution in [2.45, 2.75) is 6.42 Å². The number of pyridine rings is 1. The number of benzene rings is 1. The third-order valence-corrected chi connectivity index (χ3v) is 3.19. The molecule has 0 bridgehead atoms. The Morgan fingerprint density at radius 1 is 1.14 bits per heavy atom. The summed E-state index contributed by atoms with van der Waals surface area (Å²) in [7, 11) is 0. The summed E-state index contributed by atoms with van der Waals surface area (Å²) in [5.74, 6) is 1.34. The van der Waals surface area contributed by atoms with Crippen molar-refractivity contribution in [1.29, 1.82) is 5.26 Å². The minimum Gasteiger partial charge on any atom is -0.493 e. The fraction of sp³-hybridized carbons (Fsp3) is 0.200. The van der Waals surface area contributed by atoms with Crippen molar-refractivity contribution in [3.8, 4) is 17.6 Å². The highest BCUT2D eigenvalue weighted by atomic mass is 79.9. The number of halogens is 2. The molecule has 0 aliphatic carbocycles. The van der Waals surface area contributed by atoms with Crippen molar-refractivity contribution in [2.24, 2.45) is 0 Å². The maximum absolute atomic E-state index is 8.79. The van der Waals surface area contributed by atoms with Gasteiger partial charge >= 0.3 is 0 Å². The first kappa shape index (κ1) is 15.6. The van der Waals surface area contributed by atoms with Crippen LogP contribution in [0.5, 0.6) is 11.5 Å². The first-order chi connectivity index (χ1) is 10.2. The standard InChI is InChI=1S/C15H12BrClN2O2/c16-11-3-1-4-13(7-11)20-5-2-6-21-14-8-12(10-18)19-15(17)9-14/h1,3-4,7-9H,2,5-6H2. The lowest BCUT2D eigenvalue weighted by atomic mass is 10.3. The van der Waals surface area contributed by atoms with Gasteiger partial charge in [0.15, 0.2) is 0 Å². The highest BCUT2D eigenvalue weighted by molar-refractivity contribution is 9.10. The molecule has 0 amide bonds. The monoisotopic (exact) mass is 366 g/mol. The quantitative estimate of drug-likeness (QED) is 0.567. The molecular weight excluding hydrogens is 356 g/mol. The Morgan fingerprint density at radius 3 is 2.62 bits per heavy atom. The van der Waals surface area contributed by atoms with E-state index in [1.54, 1.807) is 12.1 Å². The lowest BCUT2D eigenvalue weighted by Gasteiger charge is -2.08. The molecule has 21 heavy (non-hydrogen) atoms. The third-order valence-electron chi connectivity index (χ3n) is 2.50. The molecule has 0 aliphatic heterocycles. The van der Waals surface area contributed by atoms with Gasteiger partial charge in [-0.2, -0.15) is 5.26 Å². The molecule has 1 aromatic heterocycles. The van der Waals surface area contributed by atoms with E-state index in [-0.39, 0.29) is 10.8 Å². The Morgan fingerprint density at radius 2 is 1.90 bits per heavy atom. The van der Waals surface area contributed by atoms with Gasteiger partial charge in [-0.3, -0.25) is 0 Å². The molecule has 4 nitrogen and oxygen atoms in total. The lowest BCUT2D eigenvalue weighted by Crippen LogP contribution is -2.05. The summed E-state index contributed by atoms with van der Waals surface area (Å²) in [6.45, 7) is 1.01. The molecule has 1 aromatic carbocycles. The second-order valence-electron chi connectivity index (χ2n) is 4.13. The Hall–Kier alpha value is -1.77. The van der Waals surface area contributed by atoms with Gasteiger partial charge in [-0.1, -0.05) is 33.6 Å². The molecule has 0 saturated heterocycles. The number of rotatable bonds is 6. The Balaban J connectivity index is 1.75. The van der Waals surface area contributed by atoms with Crippen LogP contribution in [0.3, 0.4) is 0 Å². The number of aromatic nitrogens is 1. The summed E-state index contributed by atoms with van der Waals surface area (Å²) in [4.78, 5) is 3.84. The number of hydrogen-bond donors (Lipinski definition) is 0. The number of hydrogen-bond acceptors (Lipinski definition) is 4. The average Bonchev–Trinajstić information content (AvgIpc) is 2.46. The van der Waals surface area contributed by atoms with E-state index < -0.39 is 0 Å². The molecule has 1 heterocycles. The van der Waals surface area contributed by atoms with Crippen molar-refractivity contribution >= 4 is 27.5 Å². The minimum atomic E-state index is 0.239. The first-order valence-electron chi connectivity index (χ1n) is 6.26. The lowest BCUT2D eigenvalue weighted by molar-refractivity contribution is 0.247. The van der Waals surface area contributed by atoms with Crippen LogP contribution in [-0.2, 0) is 0 Å². The first-order valence-corrected chi connectivity index (χ1v) is 7.43. The molecule has 0 atom stereocenters.